The largest absolute Gasteiger partial charge is 0.281 e. The molecular formula is C31H27N3. The Morgan fingerprint density at radius 1 is 0.529 bits per heavy atom. The zero-order valence-corrected chi connectivity index (χ0v) is 19.7. The van der Waals surface area contributed by atoms with E-state index in [0.29, 0.717) is 0 Å². The molecule has 2 aromatic heterocycles. The number of hydrogen-bond donors (Lipinski definition) is 0. The lowest BCUT2D eigenvalue weighted by atomic mass is 9.92. The number of benzene rings is 4. The van der Waals surface area contributed by atoms with Gasteiger partial charge in [-0.15, -0.1) is 10.2 Å². The van der Waals surface area contributed by atoms with Gasteiger partial charge in [0.2, 0.25) is 0 Å². The topological polar surface area (TPSA) is 30.2 Å². The van der Waals surface area contributed by atoms with Crippen LogP contribution in [0.1, 0.15) is 19.4 Å². The monoisotopic (exact) mass is 441 g/mol. The van der Waals surface area contributed by atoms with Gasteiger partial charge in [-0.05, 0) is 29.0 Å². The van der Waals surface area contributed by atoms with Crippen LogP contribution in [0.25, 0.3) is 50.1 Å². The third kappa shape index (κ3) is 3.75. The second-order valence-electron chi connectivity index (χ2n) is 8.08. The number of aromatic nitrogens is 3. The summed E-state index contributed by atoms with van der Waals surface area (Å²) < 4.78 is 2.13. The Kier molecular flexibility index (Phi) is 5.92. The third-order valence-electron chi connectivity index (χ3n) is 6.02. The van der Waals surface area contributed by atoms with Crippen LogP contribution in [0, 0.1) is 6.92 Å². The summed E-state index contributed by atoms with van der Waals surface area (Å²) in [5.74, 6) is 0.851. The van der Waals surface area contributed by atoms with Crippen LogP contribution < -0.4 is 0 Å². The predicted octanol–water partition coefficient (Wildman–Crippen LogP) is 8.22. The predicted molar refractivity (Wildman–Crippen MR) is 143 cm³/mol. The van der Waals surface area contributed by atoms with Crippen molar-refractivity contribution in [1.29, 1.82) is 0 Å². The van der Waals surface area contributed by atoms with Gasteiger partial charge in [-0.3, -0.25) is 4.40 Å². The summed E-state index contributed by atoms with van der Waals surface area (Å²) >= 11 is 0. The van der Waals surface area contributed by atoms with Crippen LogP contribution in [-0.2, 0) is 0 Å². The van der Waals surface area contributed by atoms with Gasteiger partial charge in [-0.1, -0.05) is 123 Å². The molecule has 0 atom stereocenters. The summed E-state index contributed by atoms with van der Waals surface area (Å²) in [5, 5.41) is 11.4. The van der Waals surface area contributed by atoms with E-state index in [1.807, 2.05) is 13.8 Å². The van der Waals surface area contributed by atoms with Crippen molar-refractivity contribution in [2.75, 3.05) is 0 Å². The maximum Gasteiger partial charge on any atom is 0.169 e. The number of aryl methyl sites for hydroxylation is 1. The van der Waals surface area contributed by atoms with Crippen LogP contribution in [0.15, 0.2) is 109 Å². The Labute approximate surface area is 200 Å². The molecule has 6 aromatic rings. The van der Waals surface area contributed by atoms with E-state index in [4.69, 9.17) is 0 Å². The van der Waals surface area contributed by atoms with Crippen LogP contribution in [0.5, 0.6) is 0 Å². The number of fused-ring (bicyclic) bond motifs is 3. The molecule has 0 saturated heterocycles. The molecule has 0 amide bonds. The van der Waals surface area contributed by atoms with Gasteiger partial charge in [-0.25, -0.2) is 0 Å². The average Bonchev–Trinajstić information content (AvgIpc) is 3.35. The first-order valence-corrected chi connectivity index (χ1v) is 11.8. The lowest BCUT2D eigenvalue weighted by Gasteiger charge is -2.14. The fraction of sp³-hybridized carbons (Fsp3) is 0.0968. The molecule has 0 aliphatic heterocycles. The van der Waals surface area contributed by atoms with Gasteiger partial charge in [0.05, 0.1) is 0 Å². The van der Waals surface area contributed by atoms with Gasteiger partial charge < -0.3 is 0 Å². The molecule has 4 aromatic carbocycles. The van der Waals surface area contributed by atoms with Gasteiger partial charge in [0.25, 0.3) is 0 Å². The molecule has 34 heavy (non-hydrogen) atoms. The van der Waals surface area contributed by atoms with Crippen molar-refractivity contribution in [2.24, 2.45) is 0 Å². The van der Waals surface area contributed by atoms with Gasteiger partial charge in [0, 0.05) is 22.7 Å². The molecule has 0 N–H and O–H groups in total. The Balaban J connectivity index is 0.00000117. The number of pyridine rings is 1. The molecule has 0 unspecified atom stereocenters. The minimum absolute atomic E-state index is 0.851. The fourth-order valence-corrected chi connectivity index (χ4v) is 4.41. The molecule has 0 fully saturated rings. The highest BCUT2D eigenvalue weighted by Crippen LogP contribution is 2.38. The minimum atomic E-state index is 0.851. The molecule has 0 aliphatic rings. The van der Waals surface area contributed by atoms with Crippen LogP contribution in [0.4, 0.5) is 0 Å². The van der Waals surface area contributed by atoms with E-state index in [2.05, 4.69) is 131 Å². The first-order chi connectivity index (χ1) is 16.8. The summed E-state index contributed by atoms with van der Waals surface area (Å²) in [6.07, 6.45) is 2.19. The maximum atomic E-state index is 4.57. The minimum Gasteiger partial charge on any atom is -0.281 e. The molecule has 6 rings (SSSR count). The van der Waals surface area contributed by atoms with E-state index < -0.39 is 0 Å². The Morgan fingerprint density at radius 3 is 1.88 bits per heavy atom. The van der Waals surface area contributed by atoms with Crippen molar-refractivity contribution in [2.45, 2.75) is 20.8 Å². The zero-order valence-electron chi connectivity index (χ0n) is 19.7. The average molecular weight is 442 g/mol. The smallest absolute Gasteiger partial charge is 0.169 e. The highest BCUT2D eigenvalue weighted by Gasteiger charge is 2.16. The molecule has 0 bridgehead atoms. The molecule has 0 radical (unpaired) electrons. The first kappa shape index (κ1) is 21.6. The Hall–Kier alpha value is -4.24. The van der Waals surface area contributed by atoms with E-state index >= 15 is 0 Å². The van der Waals surface area contributed by atoms with Crippen molar-refractivity contribution in [1.82, 2.24) is 14.6 Å². The van der Waals surface area contributed by atoms with E-state index in [0.717, 1.165) is 22.4 Å². The Bertz CT molecular complexity index is 1560. The zero-order chi connectivity index (χ0) is 23.5. The van der Waals surface area contributed by atoms with E-state index in [-0.39, 0.29) is 0 Å². The maximum absolute atomic E-state index is 4.57. The van der Waals surface area contributed by atoms with E-state index in [1.165, 1.54) is 33.2 Å². The molecule has 2 heterocycles. The molecule has 0 saturated carbocycles. The van der Waals surface area contributed by atoms with Crippen LogP contribution in [-0.4, -0.2) is 14.6 Å². The third-order valence-corrected chi connectivity index (χ3v) is 6.02. The molecule has 166 valence electrons. The van der Waals surface area contributed by atoms with Gasteiger partial charge in [0.15, 0.2) is 11.5 Å². The van der Waals surface area contributed by atoms with Gasteiger partial charge >= 0.3 is 0 Å². The quantitative estimate of drug-likeness (QED) is 0.277. The fourth-order valence-electron chi connectivity index (χ4n) is 4.41. The number of rotatable bonds is 3. The molecule has 0 aliphatic carbocycles. The van der Waals surface area contributed by atoms with Crippen molar-refractivity contribution in [3.63, 3.8) is 0 Å². The lowest BCUT2D eigenvalue weighted by Crippen LogP contribution is -1.95. The highest BCUT2D eigenvalue weighted by atomic mass is 15.2. The number of nitrogens with zero attached hydrogens (tertiary/aromatic N) is 3. The van der Waals surface area contributed by atoms with Crippen molar-refractivity contribution in [3.8, 4) is 33.6 Å². The Morgan fingerprint density at radius 2 is 1.15 bits per heavy atom. The molecular weight excluding hydrogens is 414 g/mol. The summed E-state index contributed by atoms with van der Waals surface area (Å²) in [6, 6.07) is 36.1. The highest BCUT2D eigenvalue weighted by molar-refractivity contribution is 6.05. The van der Waals surface area contributed by atoms with Crippen molar-refractivity contribution in [3.05, 3.63) is 115 Å². The summed E-state index contributed by atoms with van der Waals surface area (Å²) in [5.41, 5.74) is 7.93. The SMILES string of the molecule is CC.Cc1ccc(-c2nnc3c4ccccc4c(-c4ccccc4-c4ccccc4)cn23)cc1. The second kappa shape index (κ2) is 9.32. The van der Waals surface area contributed by atoms with Gasteiger partial charge in [-0.2, -0.15) is 0 Å². The van der Waals surface area contributed by atoms with Crippen LogP contribution in [0.2, 0.25) is 0 Å². The van der Waals surface area contributed by atoms with Gasteiger partial charge in [0.1, 0.15) is 0 Å². The molecule has 3 nitrogen and oxygen atoms in total. The first-order valence-electron chi connectivity index (χ1n) is 11.8. The van der Waals surface area contributed by atoms with E-state index in [1.54, 1.807) is 0 Å². The summed E-state index contributed by atoms with van der Waals surface area (Å²) in [6.45, 7) is 6.10. The molecule has 0 spiro atoms. The second-order valence-corrected chi connectivity index (χ2v) is 8.08. The summed E-state index contributed by atoms with van der Waals surface area (Å²) in [4.78, 5) is 0. The van der Waals surface area contributed by atoms with Crippen molar-refractivity contribution < 1.29 is 0 Å². The summed E-state index contributed by atoms with van der Waals surface area (Å²) in [7, 11) is 0. The van der Waals surface area contributed by atoms with E-state index in [9.17, 15) is 0 Å². The normalized spacial score (nSPS) is 10.8. The lowest BCUT2D eigenvalue weighted by molar-refractivity contribution is 1.11. The van der Waals surface area contributed by atoms with Crippen LogP contribution in [0.3, 0.4) is 0 Å². The molecule has 3 heteroatoms. The number of hydrogen-bond acceptors (Lipinski definition) is 2. The van der Waals surface area contributed by atoms with Crippen molar-refractivity contribution >= 4 is 16.4 Å². The standard InChI is InChI=1S/C29H21N3.C2H6/c1-20-15-17-22(18-16-20)28-30-31-29-26-14-8-7-13-25(26)27(19-32(28)29)24-12-6-5-11-23(24)21-9-3-2-4-10-21;1-2/h2-19H,1H3;1-2H3. The van der Waals surface area contributed by atoms with Crippen LogP contribution >= 0.6 is 0 Å².